The highest BCUT2D eigenvalue weighted by Gasteiger charge is 1.80. The maximum absolute atomic E-state index is 5.40. The molecule has 0 spiro atoms. The zero-order chi connectivity index (χ0) is 7.98. The summed E-state index contributed by atoms with van der Waals surface area (Å²) < 4.78 is 0. The fraction of sp³-hybridized carbons (Fsp3) is 0.500. The van der Waals surface area contributed by atoms with Gasteiger partial charge in [-0.25, -0.2) is 4.99 Å². The minimum Gasteiger partial charge on any atom is -0.382 e. The van der Waals surface area contributed by atoms with Crippen LogP contribution in [0.2, 0.25) is 0 Å². The Hall–Kier alpha value is -0.640. The van der Waals surface area contributed by atoms with Crippen molar-refractivity contribution in [2.24, 2.45) is 10.7 Å². The van der Waals surface area contributed by atoms with Crippen molar-refractivity contribution in [1.82, 2.24) is 4.90 Å². The summed E-state index contributed by atoms with van der Waals surface area (Å²) in [5.74, 6) is 0. The zero-order valence-corrected chi connectivity index (χ0v) is 7.35. The number of rotatable bonds is 2. The molecule has 0 fully saturated rings. The lowest BCUT2D eigenvalue weighted by Crippen LogP contribution is -2.04. The van der Waals surface area contributed by atoms with Crippen LogP contribution in [0.3, 0.4) is 0 Å². The van der Waals surface area contributed by atoms with Crippen molar-refractivity contribution in [2.75, 3.05) is 20.4 Å². The van der Waals surface area contributed by atoms with Crippen LogP contribution in [0.5, 0.6) is 0 Å². The molecule has 2 N–H and O–H groups in total. The molecule has 0 amide bonds. The van der Waals surface area contributed by atoms with Gasteiger partial charge in [0.05, 0.1) is 0 Å². The van der Waals surface area contributed by atoms with E-state index < -0.39 is 0 Å². The number of thioether (sulfide) groups is 1. The van der Waals surface area contributed by atoms with Crippen molar-refractivity contribution in [3.8, 4) is 0 Å². The molecular formula is C6H13N3S. The van der Waals surface area contributed by atoms with Gasteiger partial charge in [0.15, 0.2) is 5.17 Å². The van der Waals surface area contributed by atoms with E-state index in [4.69, 9.17) is 5.73 Å². The summed E-state index contributed by atoms with van der Waals surface area (Å²) in [4.78, 5) is 5.82. The molecule has 0 aromatic rings. The summed E-state index contributed by atoms with van der Waals surface area (Å²) in [6.07, 6.45) is 5.40. The minimum atomic E-state index is 0.582. The lowest BCUT2D eigenvalue weighted by atomic mass is 10.8. The van der Waals surface area contributed by atoms with Gasteiger partial charge in [-0.2, -0.15) is 0 Å². The van der Waals surface area contributed by atoms with Gasteiger partial charge in [-0.3, -0.25) is 0 Å². The Bertz CT molecular complexity index is 140. The van der Waals surface area contributed by atoms with Crippen LogP contribution in [0.1, 0.15) is 0 Å². The Morgan fingerprint density at radius 2 is 2.20 bits per heavy atom. The molecule has 0 aliphatic heterocycles. The van der Waals surface area contributed by atoms with Crippen LogP contribution < -0.4 is 5.73 Å². The van der Waals surface area contributed by atoms with Crippen LogP contribution in [0.4, 0.5) is 0 Å². The van der Waals surface area contributed by atoms with Crippen molar-refractivity contribution in [2.45, 2.75) is 0 Å². The fourth-order valence-corrected chi connectivity index (χ4v) is 0.459. The molecular weight excluding hydrogens is 146 g/mol. The van der Waals surface area contributed by atoms with Gasteiger partial charge in [0, 0.05) is 26.5 Å². The van der Waals surface area contributed by atoms with E-state index in [0.29, 0.717) is 5.17 Å². The molecule has 4 heteroatoms. The van der Waals surface area contributed by atoms with Gasteiger partial charge in [-0.05, 0) is 6.26 Å². The SMILES string of the molecule is CSC(N)=N/C=C/N(C)C. The molecule has 0 radical (unpaired) electrons. The van der Waals surface area contributed by atoms with Gasteiger partial charge >= 0.3 is 0 Å². The quantitative estimate of drug-likeness (QED) is 0.476. The summed E-state index contributed by atoms with van der Waals surface area (Å²) in [7, 11) is 3.86. The summed E-state index contributed by atoms with van der Waals surface area (Å²) in [6.45, 7) is 0. The van der Waals surface area contributed by atoms with Crippen LogP contribution in [-0.2, 0) is 0 Å². The van der Waals surface area contributed by atoms with Gasteiger partial charge < -0.3 is 10.6 Å². The number of nitrogens with zero attached hydrogens (tertiary/aromatic N) is 2. The van der Waals surface area contributed by atoms with Crippen LogP contribution in [-0.4, -0.2) is 30.4 Å². The maximum Gasteiger partial charge on any atom is 0.158 e. The second-order valence-corrected chi connectivity index (χ2v) is 2.76. The molecule has 0 saturated carbocycles. The van der Waals surface area contributed by atoms with E-state index in [1.165, 1.54) is 11.8 Å². The van der Waals surface area contributed by atoms with E-state index in [1.807, 2.05) is 31.5 Å². The minimum absolute atomic E-state index is 0.582. The molecule has 3 nitrogen and oxygen atoms in total. The second kappa shape index (κ2) is 5.17. The lowest BCUT2D eigenvalue weighted by molar-refractivity contribution is 0.562. The third-order valence-electron chi connectivity index (χ3n) is 0.776. The van der Waals surface area contributed by atoms with Crippen LogP contribution >= 0.6 is 11.8 Å². The average molecular weight is 159 g/mol. The highest BCUT2D eigenvalue weighted by Crippen LogP contribution is 1.91. The molecule has 0 atom stereocenters. The molecule has 0 saturated heterocycles. The molecule has 58 valence electrons. The van der Waals surface area contributed by atoms with Crippen LogP contribution in [0.15, 0.2) is 17.4 Å². The Morgan fingerprint density at radius 1 is 1.60 bits per heavy atom. The van der Waals surface area contributed by atoms with Crippen LogP contribution in [0.25, 0.3) is 0 Å². The molecule has 0 heterocycles. The molecule has 0 unspecified atom stereocenters. The maximum atomic E-state index is 5.40. The van der Waals surface area contributed by atoms with Crippen molar-refractivity contribution >= 4 is 16.9 Å². The average Bonchev–Trinajstić information content (AvgIpc) is 1.87. The Morgan fingerprint density at radius 3 is 2.60 bits per heavy atom. The highest BCUT2D eigenvalue weighted by atomic mass is 32.2. The second-order valence-electron chi connectivity index (χ2n) is 1.93. The first-order chi connectivity index (χ1) is 4.66. The van der Waals surface area contributed by atoms with E-state index in [-0.39, 0.29) is 0 Å². The zero-order valence-electron chi connectivity index (χ0n) is 6.53. The molecule has 0 aromatic carbocycles. The number of nitrogens with two attached hydrogens (primary N) is 1. The Kier molecular flexibility index (Phi) is 4.84. The third-order valence-corrected chi connectivity index (χ3v) is 1.30. The van der Waals surface area contributed by atoms with Crippen LogP contribution in [0, 0.1) is 0 Å². The molecule has 0 bridgehead atoms. The van der Waals surface area contributed by atoms with Crippen molar-refractivity contribution in [1.29, 1.82) is 0 Å². The van der Waals surface area contributed by atoms with Crippen molar-refractivity contribution < 1.29 is 0 Å². The van der Waals surface area contributed by atoms with E-state index in [2.05, 4.69) is 4.99 Å². The predicted octanol–water partition coefficient (Wildman–Crippen LogP) is 0.697. The van der Waals surface area contributed by atoms with E-state index >= 15 is 0 Å². The number of hydrogen-bond donors (Lipinski definition) is 1. The fourth-order valence-electron chi connectivity index (χ4n) is 0.293. The molecule has 0 aromatic heterocycles. The molecule has 0 aliphatic carbocycles. The highest BCUT2D eigenvalue weighted by molar-refractivity contribution is 8.13. The monoisotopic (exact) mass is 159 g/mol. The smallest absolute Gasteiger partial charge is 0.158 e. The Balaban J connectivity index is 3.70. The first kappa shape index (κ1) is 9.36. The first-order valence-electron chi connectivity index (χ1n) is 2.87. The largest absolute Gasteiger partial charge is 0.382 e. The van der Waals surface area contributed by atoms with E-state index in [0.717, 1.165) is 0 Å². The first-order valence-corrected chi connectivity index (χ1v) is 4.09. The summed E-state index contributed by atoms with van der Waals surface area (Å²) in [5, 5.41) is 0.582. The standard InChI is InChI=1S/C6H13N3S/c1-9(2)5-4-8-6(7)10-3/h4-5H,1-3H3,(H2,7,8)/b5-4+. The van der Waals surface area contributed by atoms with E-state index in [9.17, 15) is 0 Å². The lowest BCUT2D eigenvalue weighted by Gasteiger charge is -2.00. The van der Waals surface area contributed by atoms with E-state index in [1.54, 1.807) is 6.20 Å². The predicted molar refractivity (Wildman–Crippen MR) is 48.0 cm³/mol. The van der Waals surface area contributed by atoms with Gasteiger partial charge in [0.2, 0.25) is 0 Å². The summed E-state index contributed by atoms with van der Waals surface area (Å²) >= 11 is 1.43. The molecule has 0 aliphatic rings. The number of aliphatic imine (C=N–C) groups is 1. The van der Waals surface area contributed by atoms with Gasteiger partial charge in [-0.15, -0.1) is 0 Å². The van der Waals surface area contributed by atoms with Crippen molar-refractivity contribution in [3.05, 3.63) is 12.4 Å². The number of hydrogen-bond acceptors (Lipinski definition) is 3. The summed E-state index contributed by atoms with van der Waals surface area (Å²) in [6, 6.07) is 0. The third kappa shape index (κ3) is 5.50. The molecule has 0 rings (SSSR count). The van der Waals surface area contributed by atoms with Crippen molar-refractivity contribution in [3.63, 3.8) is 0 Å². The normalized spacial score (nSPS) is 12.5. The molecule has 10 heavy (non-hydrogen) atoms. The number of amidine groups is 1. The van der Waals surface area contributed by atoms with Gasteiger partial charge in [0.25, 0.3) is 0 Å². The topological polar surface area (TPSA) is 41.6 Å². The van der Waals surface area contributed by atoms with Gasteiger partial charge in [-0.1, -0.05) is 11.8 Å². The Labute approximate surface area is 66.0 Å². The van der Waals surface area contributed by atoms with Gasteiger partial charge in [0.1, 0.15) is 0 Å². The summed E-state index contributed by atoms with van der Waals surface area (Å²) in [5.41, 5.74) is 5.40.